The third kappa shape index (κ3) is 4.82. The van der Waals surface area contributed by atoms with Crippen molar-refractivity contribution in [2.75, 3.05) is 13.1 Å². The lowest BCUT2D eigenvalue weighted by Crippen LogP contribution is -2.40. The number of hydrogen-bond donors (Lipinski definition) is 1. The van der Waals surface area contributed by atoms with E-state index in [9.17, 15) is 14.0 Å². The number of carbonyl (C=O) groups is 1. The highest BCUT2D eigenvalue weighted by Gasteiger charge is 2.25. The molecule has 1 aromatic heterocycles. The van der Waals surface area contributed by atoms with Crippen LogP contribution in [0, 0.1) is 11.7 Å². The van der Waals surface area contributed by atoms with Crippen molar-refractivity contribution >= 4 is 5.91 Å². The lowest BCUT2D eigenvalue weighted by atomic mass is 9.92. The summed E-state index contributed by atoms with van der Waals surface area (Å²) in [5.74, 6) is 0.964. The topological polar surface area (TPSA) is 71.0 Å². The summed E-state index contributed by atoms with van der Waals surface area (Å²) in [5, 5.41) is 6.58. The van der Waals surface area contributed by atoms with Crippen LogP contribution in [-0.2, 0) is 17.6 Å². The van der Waals surface area contributed by atoms with Crippen molar-refractivity contribution in [2.45, 2.75) is 45.4 Å². The van der Waals surface area contributed by atoms with E-state index in [4.69, 9.17) is 0 Å². The fourth-order valence-corrected chi connectivity index (χ4v) is 4.30. The number of H-pyrrole nitrogens is 1. The number of likely N-dealkylation sites (tertiary alicyclic amines) is 1. The second-order valence-electron chi connectivity index (χ2n) is 8.83. The summed E-state index contributed by atoms with van der Waals surface area (Å²) in [5.41, 5.74) is 2.07. The molecule has 0 atom stereocenters. The minimum Gasteiger partial charge on any atom is -0.342 e. The van der Waals surface area contributed by atoms with Crippen LogP contribution < -0.4 is 5.69 Å². The van der Waals surface area contributed by atoms with E-state index in [0.717, 1.165) is 18.4 Å². The Labute approximate surface area is 187 Å². The monoisotopic (exact) mass is 436 g/mol. The third-order valence-corrected chi connectivity index (χ3v) is 6.28. The van der Waals surface area contributed by atoms with E-state index < -0.39 is 11.5 Å². The Balaban J connectivity index is 1.35. The maximum Gasteiger partial charge on any atom is 0.348 e. The van der Waals surface area contributed by atoms with Crippen molar-refractivity contribution < 1.29 is 9.18 Å². The molecule has 1 fully saturated rings. The first kappa shape index (κ1) is 22.0. The van der Waals surface area contributed by atoms with Crippen LogP contribution in [0.4, 0.5) is 4.39 Å². The molecule has 6 nitrogen and oxygen atoms in total. The molecule has 32 heavy (non-hydrogen) atoms. The first-order chi connectivity index (χ1) is 15.4. The third-order valence-electron chi connectivity index (χ3n) is 6.28. The minimum atomic E-state index is -0.459. The zero-order valence-corrected chi connectivity index (χ0v) is 18.6. The van der Waals surface area contributed by atoms with Gasteiger partial charge in [-0.1, -0.05) is 50.2 Å². The molecule has 2 aromatic carbocycles. The van der Waals surface area contributed by atoms with Gasteiger partial charge < -0.3 is 4.90 Å². The van der Waals surface area contributed by atoms with Crippen molar-refractivity contribution in [1.82, 2.24) is 19.7 Å². The molecule has 0 spiro atoms. The molecule has 2 heterocycles. The van der Waals surface area contributed by atoms with Crippen LogP contribution in [0.3, 0.4) is 0 Å². The number of para-hydroxylation sites is 1. The Kier molecular flexibility index (Phi) is 6.53. The van der Waals surface area contributed by atoms with Crippen LogP contribution in [0.5, 0.6) is 0 Å². The smallest absolute Gasteiger partial charge is 0.342 e. The minimum absolute atomic E-state index is 0.142. The van der Waals surface area contributed by atoms with Gasteiger partial charge in [-0.05, 0) is 47.9 Å². The molecule has 1 amide bonds. The summed E-state index contributed by atoms with van der Waals surface area (Å²) < 4.78 is 15.5. The molecule has 1 saturated heterocycles. The normalized spacial score (nSPS) is 14.8. The number of carbonyl (C=O) groups excluding carboxylic acids is 1. The lowest BCUT2D eigenvalue weighted by Gasteiger charge is -2.32. The summed E-state index contributed by atoms with van der Waals surface area (Å²) >= 11 is 0. The van der Waals surface area contributed by atoms with Gasteiger partial charge >= 0.3 is 5.69 Å². The Morgan fingerprint density at radius 3 is 2.47 bits per heavy atom. The first-order valence-electron chi connectivity index (χ1n) is 11.2. The van der Waals surface area contributed by atoms with Crippen molar-refractivity contribution in [2.24, 2.45) is 5.92 Å². The van der Waals surface area contributed by atoms with Crippen LogP contribution in [0.25, 0.3) is 5.69 Å². The number of hydrogen-bond acceptors (Lipinski definition) is 3. The summed E-state index contributed by atoms with van der Waals surface area (Å²) in [4.78, 5) is 26.9. The van der Waals surface area contributed by atoms with Crippen molar-refractivity contribution in [3.8, 4) is 5.69 Å². The maximum absolute atomic E-state index is 14.2. The molecular formula is C25H29FN4O2. The fourth-order valence-electron chi connectivity index (χ4n) is 4.30. The summed E-state index contributed by atoms with van der Waals surface area (Å²) in [6, 6.07) is 14.5. The zero-order chi connectivity index (χ0) is 22.7. The van der Waals surface area contributed by atoms with Gasteiger partial charge in [-0.15, -0.1) is 0 Å². The largest absolute Gasteiger partial charge is 0.348 e. The number of nitrogens with zero attached hydrogens (tertiary/aromatic N) is 3. The number of piperidine rings is 1. The predicted octanol–water partition coefficient (Wildman–Crippen LogP) is 3.85. The summed E-state index contributed by atoms with van der Waals surface area (Å²) in [7, 11) is 0. The van der Waals surface area contributed by atoms with Crippen molar-refractivity contribution in [3.05, 3.63) is 81.8 Å². The number of amides is 1. The Bertz CT molecular complexity index is 1130. The van der Waals surface area contributed by atoms with Gasteiger partial charge in [0.25, 0.3) is 0 Å². The van der Waals surface area contributed by atoms with E-state index in [1.807, 2.05) is 17.0 Å². The SMILES string of the molecule is CC(C)c1ccc(CC(=O)N2CCC(Cc3n[nH]c(=O)n3-c3ccccc3F)CC2)cc1. The summed E-state index contributed by atoms with van der Waals surface area (Å²) in [6.07, 6.45) is 2.63. The van der Waals surface area contributed by atoms with Crippen LogP contribution >= 0.6 is 0 Å². The number of rotatable bonds is 6. The molecule has 3 aromatic rings. The molecule has 0 saturated carbocycles. The molecule has 1 aliphatic rings. The average molecular weight is 437 g/mol. The molecule has 1 N–H and O–H groups in total. The number of nitrogens with one attached hydrogen (secondary N) is 1. The van der Waals surface area contributed by atoms with Crippen molar-refractivity contribution in [1.29, 1.82) is 0 Å². The molecule has 1 aliphatic heterocycles. The van der Waals surface area contributed by atoms with Gasteiger partial charge in [-0.25, -0.2) is 18.9 Å². The molecule has 168 valence electrons. The predicted molar refractivity (Wildman–Crippen MR) is 121 cm³/mol. The van der Waals surface area contributed by atoms with Gasteiger partial charge in [0.05, 0.1) is 12.1 Å². The van der Waals surface area contributed by atoms with E-state index in [1.54, 1.807) is 18.2 Å². The second kappa shape index (κ2) is 9.51. The van der Waals surface area contributed by atoms with Gasteiger partial charge in [0.2, 0.25) is 5.91 Å². The van der Waals surface area contributed by atoms with E-state index in [-0.39, 0.29) is 17.5 Å². The quantitative estimate of drug-likeness (QED) is 0.638. The van der Waals surface area contributed by atoms with Crippen LogP contribution in [-0.4, -0.2) is 38.7 Å². The Hall–Kier alpha value is -3.22. The van der Waals surface area contributed by atoms with Gasteiger partial charge in [0, 0.05) is 19.5 Å². The standard InChI is InChI=1S/C25H29FN4O2/c1-17(2)20-9-7-18(8-10-20)16-24(31)29-13-11-19(12-14-29)15-23-27-28-25(32)30(23)22-6-4-3-5-21(22)26/h3-10,17,19H,11-16H2,1-2H3,(H,28,32). The molecule has 0 aliphatic carbocycles. The highest BCUT2D eigenvalue weighted by atomic mass is 19.1. The Morgan fingerprint density at radius 1 is 1.12 bits per heavy atom. The van der Waals surface area contributed by atoms with Gasteiger partial charge in [0.15, 0.2) is 0 Å². The van der Waals surface area contributed by atoms with Gasteiger partial charge in [-0.3, -0.25) is 4.79 Å². The van der Waals surface area contributed by atoms with Crippen LogP contribution in [0.15, 0.2) is 53.3 Å². The van der Waals surface area contributed by atoms with E-state index in [2.05, 4.69) is 36.2 Å². The van der Waals surface area contributed by atoms with E-state index in [0.29, 0.717) is 37.7 Å². The number of benzene rings is 2. The number of aromatic nitrogens is 3. The molecule has 0 radical (unpaired) electrons. The van der Waals surface area contributed by atoms with E-state index in [1.165, 1.54) is 16.2 Å². The van der Waals surface area contributed by atoms with Crippen LogP contribution in [0.2, 0.25) is 0 Å². The molecule has 0 unspecified atom stereocenters. The highest BCUT2D eigenvalue weighted by molar-refractivity contribution is 5.78. The number of aromatic amines is 1. The van der Waals surface area contributed by atoms with Crippen LogP contribution in [0.1, 0.15) is 49.6 Å². The van der Waals surface area contributed by atoms with Gasteiger partial charge in [-0.2, -0.15) is 5.10 Å². The summed E-state index contributed by atoms with van der Waals surface area (Å²) in [6.45, 7) is 5.68. The molecule has 0 bridgehead atoms. The molecule has 7 heteroatoms. The molecule has 4 rings (SSSR count). The maximum atomic E-state index is 14.2. The van der Waals surface area contributed by atoms with E-state index >= 15 is 0 Å². The lowest BCUT2D eigenvalue weighted by molar-refractivity contribution is -0.131. The zero-order valence-electron chi connectivity index (χ0n) is 18.6. The van der Waals surface area contributed by atoms with Crippen molar-refractivity contribution in [3.63, 3.8) is 0 Å². The highest BCUT2D eigenvalue weighted by Crippen LogP contribution is 2.23. The molecular weight excluding hydrogens is 407 g/mol. The Morgan fingerprint density at radius 2 is 1.81 bits per heavy atom. The fraction of sp³-hybridized carbons (Fsp3) is 0.400. The second-order valence-corrected chi connectivity index (χ2v) is 8.83. The van der Waals surface area contributed by atoms with Gasteiger partial charge in [0.1, 0.15) is 11.6 Å². The number of halogens is 1. The average Bonchev–Trinajstić information content (AvgIpc) is 3.14. The first-order valence-corrected chi connectivity index (χ1v) is 11.2.